The molecule has 0 aromatic carbocycles. The van der Waals surface area contributed by atoms with Gasteiger partial charge in [-0.3, -0.25) is 14.8 Å². The molecule has 0 spiro atoms. The molecule has 2 rings (SSSR count). The van der Waals surface area contributed by atoms with Crippen LogP contribution in [-0.4, -0.2) is 28.6 Å². The third-order valence-corrected chi connectivity index (χ3v) is 9.97. The van der Waals surface area contributed by atoms with Crippen molar-refractivity contribution in [1.29, 1.82) is 0 Å². The molecule has 0 radical (unpaired) electrons. The van der Waals surface area contributed by atoms with Crippen molar-refractivity contribution >= 4 is 30.2 Å². The Morgan fingerprint density at radius 2 is 1.45 bits per heavy atom. The van der Waals surface area contributed by atoms with Crippen LogP contribution in [0.5, 0.6) is 0 Å². The highest BCUT2D eigenvalue weighted by molar-refractivity contribution is 9.10. The number of carbonyl (C=O) groups is 1. The van der Waals surface area contributed by atoms with Gasteiger partial charge in [-0.05, 0) is 67.4 Å². The summed E-state index contributed by atoms with van der Waals surface area (Å²) in [7, 11) is -1.82. The maximum absolute atomic E-state index is 12.0. The summed E-state index contributed by atoms with van der Waals surface area (Å²) in [6.45, 7) is 15.5. The molecule has 0 saturated heterocycles. The summed E-state index contributed by atoms with van der Waals surface area (Å²) < 4.78 is 11.0. The molecule has 2 aromatic rings. The van der Waals surface area contributed by atoms with E-state index >= 15 is 0 Å². The smallest absolute Gasteiger partial charge is 0.322 e. The molecule has 0 saturated carbocycles. The highest BCUT2D eigenvalue weighted by Crippen LogP contribution is 2.37. The fourth-order valence-electron chi connectivity index (χ4n) is 2.21. The van der Waals surface area contributed by atoms with E-state index in [0.29, 0.717) is 6.61 Å². The maximum Gasteiger partial charge on any atom is 0.322 e. The minimum atomic E-state index is -1.82. The molecule has 0 fully saturated rings. The first-order valence-electron chi connectivity index (χ1n) is 9.70. The second kappa shape index (κ2) is 9.06. The maximum atomic E-state index is 12.0. The van der Waals surface area contributed by atoms with Gasteiger partial charge < -0.3 is 9.16 Å². The van der Waals surface area contributed by atoms with Crippen molar-refractivity contribution in [3.63, 3.8) is 0 Å². The molecule has 0 amide bonds. The molecule has 0 N–H and O–H groups in total. The van der Waals surface area contributed by atoms with Crippen molar-refractivity contribution in [1.82, 2.24) is 9.97 Å². The number of hydrogen-bond acceptors (Lipinski definition) is 5. The first-order chi connectivity index (χ1) is 13.3. The molecule has 0 unspecified atom stereocenters. The van der Waals surface area contributed by atoms with Crippen molar-refractivity contribution in [3.8, 4) is 11.4 Å². The summed E-state index contributed by atoms with van der Waals surface area (Å²) in [5.41, 5.74) is 3.45. The highest BCUT2D eigenvalue weighted by Gasteiger charge is 2.37. The third kappa shape index (κ3) is 6.72. The second-order valence-electron chi connectivity index (χ2n) is 9.20. The Labute approximate surface area is 183 Å². The standard InChI is InChI=1S/C22H31BrN2O3Si/c1-21(2,3)29(6,7)28-15-17-9-11-25-19(13-17)18-12-16(8-10-24-18)14-27-20(26)22(4,5)23/h8-13H,14-15H2,1-7H3. The van der Waals surface area contributed by atoms with Crippen LogP contribution in [0.4, 0.5) is 0 Å². The topological polar surface area (TPSA) is 61.3 Å². The number of hydrogen-bond donors (Lipinski definition) is 0. The summed E-state index contributed by atoms with van der Waals surface area (Å²) in [6.07, 6.45) is 3.49. The van der Waals surface area contributed by atoms with E-state index in [1.807, 2.05) is 24.3 Å². The van der Waals surface area contributed by atoms with E-state index in [2.05, 4.69) is 59.8 Å². The summed E-state index contributed by atoms with van der Waals surface area (Å²) >= 11 is 3.31. The van der Waals surface area contributed by atoms with Crippen LogP contribution in [0.15, 0.2) is 36.7 Å². The van der Waals surface area contributed by atoms with Crippen LogP contribution in [0.1, 0.15) is 45.7 Å². The van der Waals surface area contributed by atoms with Crippen LogP contribution in [0.3, 0.4) is 0 Å². The molecule has 158 valence electrons. The van der Waals surface area contributed by atoms with Crippen molar-refractivity contribution in [2.45, 2.75) is 70.3 Å². The lowest BCUT2D eigenvalue weighted by Gasteiger charge is -2.36. The fourth-order valence-corrected chi connectivity index (χ4v) is 3.28. The van der Waals surface area contributed by atoms with Gasteiger partial charge in [-0.2, -0.15) is 0 Å². The van der Waals surface area contributed by atoms with Crippen LogP contribution < -0.4 is 0 Å². The largest absolute Gasteiger partial charge is 0.460 e. The molecule has 0 aliphatic heterocycles. The van der Waals surface area contributed by atoms with Crippen molar-refractivity contribution in [2.75, 3.05) is 0 Å². The monoisotopic (exact) mass is 478 g/mol. The molecule has 0 aliphatic carbocycles. The SMILES string of the molecule is CC(C)(Br)C(=O)OCc1ccnc(-c2cc(CO[Si](C)(C)C(C)(C)C)ccn2)c1. The molecular formula is C22H31BrN2O3Si. The predicted molar refractivity (Wildman–Crippen MR) is 122 cm³/mol. The molecule has 5 nitrogen and oxygen atoms in total. The normalized spacial score (nSPS) is 12.7. The molecule has 29 heavy (non-hydrogen) atoms. The number of halogens is 1. The average Bonchev–Trinajstić information content (AvgIpc) is 2.63. The number of alkyl halides is 1. The molecular weight excluding hydrogens is 448 g/mol. The van der Waals surface area contributed by atoms with E-state index in [9.17, 15) is 4.79 Å². The van der Waals surface area contributed by atoms with Gasteiger partial charge in [-0.25, -0.2) is 0 Å². The van der Waals surface area contributed by atoms with E-state index in [0.717, 1.165) is 22.5 Å². The van der Waals surface area contributed by atoms with Crippen LogP contribution in [0.2, 0.25) is 18.1 Å². The third-order valence-electron chi connectivity index (χ3n) is 5.17. The minimum absolute atomic E-state index is 0.167. The van der Waals surface area contributed by atoms with Crippen molar-refractivity contribution < 1.29 is 14.0 Å². The Kier molecular flexibility index (Phi) is 7.41. The van der Waals surface area contributed by atoms with Gasteiger partial charge in [-0.15, -0.1) is 0 Å². The van der Waals surface area contributed by atoms with Gasteiger partial charge in [0.1, 0.15) is 10.9 Å². The molecule has 2 heterocycles. The summed E-state index contributed by atoms with van der Waals surface area (Å²) in [5.74, 6) is -0.307. The predicted octanol–water partition coefficient (Wildman–Crippen LogP) is 5.88. The van der Waals surface area contributed by atoms with Gasteiger partial charge in [0.25, 0.3) is 0 Å². The Hall–Kier alpha value is -1.57. The first kappa shape index (κ1) is 23.7. The quantitative estimate of drug-likeness (QED) is 0.282. The number of aromatic nitrogens is 2. The van der Waals surface area contributed by atoms with Crippen LogP contribution >= 0.6 is 15.9 Å². The van der Waals surface area contributed by atoms with Gasteiger partial charge >= 0.3 is 5.97 Å². The molecule has 2 aromatic heterocycles. The van der Waals surface area contributed by atoms with Gasteiger partial charge in [0, 0.05) is 12.4 Å². The number of pyridine rings is 2. The van der Waals surface area contributed by atoms with E-state index in [4.69, 9.17) is 9.16 Å². The molecule has 0 bridgehead atoms. The van der Waals surface area contributed by atoms with Gasteiger partial charge in [0.2, 0.25) is 0 Å². The zero-order chi connectivity index (χ0) is 21.9. The lowest BCUT2D eigenvalue weighted by molar-refractivity contribution is -0.146. The Bertz CT molecular complexity index is 858. The summed E-state index contributed by atoms with van der Waals surface area (Å²) in [6, 6.07) is 7.71. The summed E-state index contributed by atoms with van der Waals surface area (Å²) in [5, 5.41) is 0.167. The molecule has 7 heteroatoms. The molecule has 0 aliphatic rings. The van der Waals surface area contributed by atoms with Crippen LogP contribution in [0.25, 0.3) is 11.4 Å². The Morgan fingerprint density at radius 3 is 1.90 bits per heavy atom. The Morgan fingerprint density at radius 1 is 0.966 bits per heavy atom. The number of ether oxygens (including phenoxy) is 1. The van der Waals surface area contributed by atoms with E-state index in [1.165, 1.54) is 0 Å². The molecule has 0 atom stereocenters. The fraction of sp³-hybridized carbons (Fsp3) is 0.500. The second-order valence-corrected chi connectivity index (χ2v) is 16.0. The number of carbonyl (C=O) groups excluding carboxylic acids is 1. The Balaban J connectivity index is 2.11. The van der Waals surface area contributed by atoms with E-state index in [-0.39, 0.29) is 17.6 Å². The zero-order valence-electron chi connectivity index (χ0n) is 18.4. The average molecular weight is 479 g/mol. The van der Waals surface area contributed by atoms with Gasteiger partial charge in [0.05, 0.1) is 18.0 Å². The van der Waals surface area contributed by atoms with Crippen molar-refractivity contribution in [2.24, 2.45) is 0 Å². The zero-order valence-corrected chi connectivity index (χ0v) is 21.0. The number of rotatable bonds is 7. The summed E-state index contributed by atoms with van der Waals surface area (Å²) in [4.78, 5) is 20.8. The van der Waals surface area contributed by atoms with E-state index in [1.54, 1.807) is 26.2 Å². The van der Waals surface area contributed by atoms with Gasteiger partial charge in [-0.1, -0.05) is 36.7 Å². The minimum Gasteiger partial charge on any atom is -0.460 e. The van der Waals surface area contributed by atoms with Crippen LogP contribution in [-0.2, 0) is 27.2 Å². The first-order valence-corrected chi connectivity index (χ1v) is 13.4. The lowest BCUT2D eigenvalue weighted by atomic mass is 10.1. The lowest BCUT2D eigenvalue weighted by Crippen LogP contribution is -2.40. The number of nitrogens with zero attached hydrogens (tertiary/aromatic N) is 2. The van der Waals surface area contributed by atoms with E-state index < -0.39 is 12.6 Å². The highest BCUT2D eigenvalue weighted by atomic mass is 79.9. The van der Waals surface area contributed by atoms with Crippen molar-refractivity contribution in [3.05, 3.63) is 47.8 Å². The van der Waals surface area contributed by atoms with Crippen LogP contribution in [0, 0.1) is 0 Å². The van der Waals surface area contributed by atoms with Gasteiger partial charge in [0.15, 0.2) is 8.32 Å². The number of esters is 1.